The van der Waals surface area contributed by atoms with Gasteiger partial charge in [0, 0.05) is 5.56 Å². The highest BCUT2D eigenvalue weighted by atomic mass is 31.2. The van der Waals surface area contributed by atoms with Gasteiger partial charge in [-0.25, -0.2) is 0 Å². The minimum Gasteiger partial charge on any atom is -0.290 e. The van der Waals surface area contributed by atoms with Crippen LogP contribution in [-0.2, 0) is 0 Å². The van der Waals surface area contributed by atoms with Crippen LogP contribution in [0.4, 0.5) is 0 Å². The molecule has 0 N–H and O–H groups in total. The van der Waals surface area contributed by atoms with E-state index in [0.717, 1.165) is 5.56 Å². The second-order valence-corrected chi connectivity index (χ2v) is 12.8. The summed E-state index contributed by atoms with van der Waals surface area (Å²) in [6.07, 6.45) is 0.482. The van der Waals surface area contributed by atoms with E-state index in [1.165, 1.54) is 49.3 Å². The fourth-order valence-corrected chi connectivity index (χ4v) is 10.2. The smallest absolute Gasteiger partial charge is 0.201 e. The number of rotatable bonds is 6. The molecule has 1 nitrogen and oxygen atoms in total. The Balaban J connectivity index is 2.15. The van der Waals surface area contributed by atoms with E-state index in [1.54, 1.807) is 0 Å². The zero-order valence-corrected chi connectivity index (χ0v) is 22.0. The van der Waals surface area contributed by atoms with Crippen LogP contribution in [0.5, 0.6) is 0 Å². The third-order valence-corrected chi connectivity index (χ3v) is 12.1. The molecule has 34 heavy (non-hydrogen) atoms. The van der Waals surface area contributed by atoms with Crippen LogP contribution in [0.25, 0.3) is 0 Å². The molecular formula is C32H34OP+. The van der Waals surface area contributed by atoms with Crippen molar-refractivity contribution in [3.05, 3.63) is 124 Å². The molecule has 4 aromatic carbocycles. The van der Waals surface area contributed by atoms with E-state index in [1.807, 2.05) is 30.3 Å². The lowest BCUT2D eigenvalue weighted by molar-refractivity contribution is 0.102. The number of carbonyl (C=O) groups is 1. The molecule has 0 unspecified atom stereocenters. The summed E-state index contributed by atoms with van der Waals surface area (Å²) in [4.78, 5) is 14.0. The van der Waals surface area contributed by atoms with Crippen molar-refractivity contribution in [2.75, 3.05) is 6.16 Å². The van der Waals surface area contributed by atoms with E-state index in [9.17, 15) is 4.79 Å². The van der Waals surface area contributed by atoms with Crippen molar-refractivity contribution in [2.24, 2.45) is 0 Å². The molecule has 2 heteroatoms. The van der Waals surface area contributed by atoms with Gasteiger partial charge in [-0.3, -0.25) is 4.79 Å². The van der Waals surface area contributed by atoms with Gasteiger partial charge < -0.3 is 0 Å². The molecule has 0 saturated heterocycles. The largest absolute Gasteiger partial charge is 0.290 e. The third kappa shape index (κ3) is 4.15. The van der Waals surface area contributed by atoms with Crippen LogP contribution in [0.15, 0.2) is 84.9 Å². The molecular weight excluding hydrogens is 431 g/mol. The summed E-state index contributed by atoms with van der Waals surface area (Å²) in [5.41, 5.74) is 8.46. The van der Waals surface area contributed by atoms with Crippen molar-refractivity contribution < 1.29 is 4.79 Å². The summed E-state index contributed by atoms with van der Waals surface area (Å²) in [5.74, 6) is 0.205. The first-order valence-electron chi connectivity index (χ1n) is 11.9. The molecule has 0 bridgehead atoms. The molecule has 0 aromatic heterocycles. The normalized spacial score (nSPS) is 11.5. The van der Waals surface area contributed by atoms with Gasteiger partial charge >= 0.3 is 0 Å². The van der Waals surface area contributed by atoms with Gasteiger partial charge in [-0.05, 0) is 93.1 Å². The Morgan fingerprint density at radius 1 is 0.529 bits per heavy atom. The molecule has 0 atom stereocenters. The molecule has 0 aliphatic heterocycles. The topological polar surface area (TPSA) is 17.1 Å². The lowest BCUT2D eigenvalue weighted by Gasteiger charge is -2.32. The van der Waals surface area contributed by atoms with Crippen molar-refractivity contribution in [1.82, 2.24) is 0 Å². The summed E-state index contributed by atoms with van der Waals surface area (Å²) >= 11 is 0. The molecule has 0 radical (unpaired) electrons. The number of hydrogen-bond donors (Lipinski definition) is 0. The number of ketones is 1. The van der Waals surface area contributed by atoms with Crippen LogP contribution in [-0.4, -0.2) is 11.9 Å². The van der Waals surface area contributed by atoms with Gasteiger partial charge in [0.25, 0.3) is 0 Å². The highest BCUT2D eigenvalue weighted by Gasteiger charge is 2.50. The molecule has 4 aromatic rings. The minimum atomic E-state index is -2.32. The van der Waals surface area contributed by atoms with Crippen molar-refractivity contribution >= 4 is 29.0 Å². The Kier molecular flexibility index (Phi) is 6.87. The third-order valence-electron chi connectivity index (χ3n) is 7.44. The number of carbonyl (C=O) groups excluding carboxylic acids is 1. The van der Waals surface area contributed by atoms with E-state index in [4.69, 9.17) is 0 Å². The van der Waals surface area contributed by atoms with E-state index >= 15 is 0 Å². The number of benzene rings is 4. The Morgan fingerprint density at radius 2 is 0.912 bits per heavy atom. The van der Waals surface area contributed by atoms with E-state index in [2.05, 4.69) is 96.1 Å². The predicted molar refractivity (Wildman–Crippen MR) is 149 cm³/mol. The van der Waals surface area contributed by atoms with Crippen LogP contribution in [0.1, 0.15) is 43.7 Å². The summed E-state index contributed by atoms with van der Waals surface area (Å²) in [6, 6.07) is 29.6. The van der Waals surface area contributed by atoms with Crippen LogP contribution < -0.4 is 15.9 Å². The number of hydrogen-bond acceptors (Lipinski definition) is 1. The maximum atomic E-state index is 14.0. The summed E-state index contributed by atoms with van der Waals surface area (Å²) in [5, 5.41) is 3.96. The molecule has 0 aliphatic carbocycles. The Bertz CT molecular complexity index is 1230. The lowest BCUT2D eigenvalue weighted by atomic mass is 10.1. The van der Waals surface area contributed by atoms with Gasteiger partial charge in [0.15, 0.2) is 0 Å². The zero-order chi connectivity index (χ0) is 24.5. The van der Waals surface area contributed by atoms with Gasteiger partial charge in [-0.2, -0.15) is 0 Å². The van der Waals surface area contributed by atoms with Crippen molar-refractivity contribution in [1.29, 1.82) is 0 Å². The number of Topliss-reactive ketones (excluding diaryl/α,β-unsaturated/α-hetero) is 1. The Hall–Kier alpha value is -3.02. The molecule has 0 saturated carbocycles. The Labute approximate surface area is 205 Å². The summed E-state index contributed by atoms with van der Waals surface area (Å²) in [7, 11) is -2.32. The maximum Gasteiger partial charge on any atom is 0.201 e. The second-order valence-electron chi connectivity index (χ2n) is 9.41. The van der Waals surface area contributed by atoms with Crippen LogP contribution in [0.3, 0.4) is 0 Å². The first kappa shape index (κ1) is 24.1. The minimum absolute atomic E-state index is 0.205. The van der Waals surface area contributed by atoms with Crippen molar-refractivity contribution in [3.8, 4) is 0 Å². The van der Waals surface area contributed by atoms with E-state index < -0.39 is 7.26 Å². The quantitative estimate of drug-likeness (QED) is 0.228. The monoisotopic (exact) mass is 465 g/mol. The molecule has 172 valence electrons. The summed E-state index contributed by atoms with van der Waals surface area (Å²) < 4.78 is 0. The summed E-state index contributed by atoms with van der Waals surface area (Å²) in [6.45, 7) is 13.2. The molecule has 0 spiro atoms. The molecule has 0 amide bonds. The van der Waals surface area contributed by atoms with Gasteiger partial charge in [0.1, 0.15) is 29.3 Å². The van der Waals surface area contributed by atoms with E-state index in [0.29, 0.717) is 6.16 Å². The van der Waals surface area contributed by atoms with Crippen LogP contribution in [0, 0.1) is 41.5 Å². The Morgan fingerprint density at radius 3 is 1.29 bits per heavy atom. The SMILES string of the molecule is Cc1cccc([P+](CC(=O)c2ccccc2)(c2cccc(C)c2C)c2cccc(C)c2C)c1C. The first-order valence-corrected chi connectivity index (χ1v) is 13.9. The zero-order valence-electron chi connectivity index (χ0n) is 21.1. The van der Waals surface area contributed by atoms with E-state index in [-0.39, 0.29) is 5.78 Å². The second kappa shape index (κ2) is 9.69. The van der Waals surface area contributed by atoms with Gasteiger partial charge in [0.2, 0.25) is 5.78 Å². The highest BCUT2D eigenvalue weighted by molar-refractivity contribution is 7.96. The molecule has 0 heterocycles. The molecule has 0 fully saturated rings. The van der Waals surface area contributed by atoms with Crippen molar-refractivity contribution in [2.45, 2.75) is 41.5 Å². The fraction of sp³-hybridized carbons (Fsp3) is 0.219. The molecule has 0 aliphatic rings. The van der Waals surface area contributed by atoms with Crippen LogP contribution >= 0.6 is 7.26 Å². The van der Waals surface area contributed by atoms with Gasteiger partial charge in [-0.1, -0.05) is 66.7 Å². The highest BCUT2D eigenvalue weighted by Crippen LogP contribution is 2.58. The standard InChI is InChI=1S/C32H34OP/c1-22-13-10-18-30(25(22)4)34(31-19-11-14-23(2)26(31)5,32-20-12-15-24(3)27(32)6)21-29(33)28-16-8-7-9-17-28/h7-20H,21H2,1-6H3/q+1. The van der Waals surface area contributed by atoms with Crippen LogP contribution in [0.2, 0.25) is 0 Å². The van der Waals surface area contributed by atoms with Gasteiger partial charge in [0.05, 0.1) is 0 Å². The molecule has 4 rings (SSSR count). The maximum absolute atomic E-state index is 14.0. The fourth-order valence-electron chi connectivity index (χ4n) is 5.02. The lowest BCUT2D eigenvalue weighted by Crippen LogP contribution is -2.39. The van der Waals surface area contributed by atoms with Gasteiger partial charge in [-0.15, -0.1) is 0 Å². The van der Waals surface area contributed by atoms with Crippen molar-refractivity contribution in [3.63, 3.8) is 0 Å². The number of aryl methyl sites for hydroxylation is 3. The average Bonchev–Trinajstić information content (AvgIpc) is 2.84. The first-order chi connectivity index (χ1) is 16.3. The average molecular weight is 466 g/mol. The predicted octanol–water partition coefficient (Wildman–Crippen LogP) is 6.71.